The average Bonchev–Trinajstić information content (AvgIpc) is 2.72. The van der Waals surface area contributed by atoms with Gasteiger partial charge in [0.15, 0.2) is 6.10 Å². The highest BCUT2D eigenvalue weighted by molar-refractivity contribution is 6.11. The van der Waals surface area contributed by atoms with E-state index in [1.807, 2.05) is 12.1 Å². The van der Waals surface area contributed by atoms with Crippen LogP contribution in [-0.2, 0) is 14.3 Å². The smallest absolute Gasteiger partial charge is 0.342 e. The molecule has 7 heteroatoms. The normalized spacial score (nSPS) is 14.1. The minimum absolute atomic E-state index is 0.0277. The first-order valence-electron chi connectivity index (χ1n) is 9.07. The molecule has 1 heterocycles. The van der Waals surface area contributed by atoms with Gasteiger partial charge in [0.25, 0.3) is 5.91 Å². The molecule has 0 aliphatic carbocycles. The van der Waals surface area contributed by atoms with Gasteiger partial charge in [0.1, 0.15) is 17.9 Å². The van der Waals surface area contributed by atoms with E-state index in [-0.39, 0.29) is 23.8 Å². The molecule has 3 aromatic rings. The zero-order valence-electron chi connectivity index (χ0n) is 15.6. The number of rotatable bonds is 3. The molecule has 2 amide bonds. The predicted molar refractivity (Wildman–Crippen MR) is 108 cm³/mol. The van der Waals surface area contributed by atoms with Gasteiger partial charge in [-0.1, -0.05) is 42.5 Å². The Hall–Kier alpha value is -3.87. The van der Waals surface area contributed by atoms with Gasteiger partial charge in [-0.3, -0.25) is 14.5 Å². The molecule has 0 radical (unpaired) electrons. The molecule has 0 spiro atoms. The molecule has 0 fully saturated rings. The van der Waals surface area contributed by atoms with Crippen LogP contribution in [0.25, 0.3) is 10.8 Å². The van der Waals surface area contributed by atoms with Gasteiger partial charge in [-0.05, 0) is 30.5 Å². The second-order valence-electron chi connectivity index (χ2n) is 6.72. The van der Waals surface area contributed by atoms with Gasteiger partial charge in [0, 0.05) is 5.39 Å². The van der Waals surface area contributed by atoms with E-state index in [1.165, 1.54) is 17.9 Å². The summed E-state index contributed by atoms with van der Waals surface area (Å²) in [5.41, 5.74) is 1.02. The quantitative estimate of drug-likeness (QED) is 0.670. The maximum absolute atomic E-state index is 12.9. The second-order valence-corrected chi connectivity index (χ2v) is 6.72. The van der Waals surface area contributed by atoms with Crippen molar-refractivity contribution in [1.82, 2.24) is 0 Å². The van der Waals surface area contributed by atoms with Crippen LogP contribution in [0.2, 0.25) is 0 Å². The van der Waals surface area contributed by atoms with Crippen LogP contribution >= 0.6 is 0 Å². The van der Waals surface area contributed by atoms with Crippen LogP contribution in [0, 0.1) is 0 Å². The van der Waals surface area contributed by atoms with E-state index in [1.54, 1.807) is 42.5 Å². The third-order valence-electron chi connectivity index (χ3n) is 4.79. The predicted octanol–water partition coefficient (Wildman–Crippen LogP) is 3.08. The van der Waals surface area contributed by atoms with Crippen LogP contribution in [0.5, 0.6) is 5.75 Å². The molecule has 0 aromatic heterocycles. The van der Waals surface area contributed by atoms with Crippen molar-refractivity contribution in [1.29, 1.82) is 0 Å². The number of hydrogen-bond acceptors (Lipinski definition) is 5. The monoisotopic (exact) mass is 390 g/mol. The number of esters is 1. The summed E-state index contributed by atoms with van der Waals surface area (Å²) >= 11 is 0. The Morgan fingerprint density at radius 1 is 1.07 bits per heavy atom. The molecule has 7 nitrogen and oxygen atoms in total. The van der Waals surface area contributed by atoms with Crippen LogP contribution in [0.1, 0.15) is 17.3 Å². The Morgan fingerprint density at radius 2 is 1.79 bits per heavy atom. The topological polar surface area (TPSA) is 95.9 Å². The van der Waals surface area contributed by atoms with E-state index >= 15 is 0 Å². The van der Waals surface area contributed by atoms with Crippen molar-refractivity contribution >= 4 is 39.9 Å². The summed E-state index contributed by atoms with van der Waals surface area (Å²) in [6.07, 6.45) is -1.15. The number of nitrogens with zero attached hydrogens (tertiary/aromatic N) is 1. The van der Waals surface area contributed by atoms with Crippen LogP contribution in [0.15, 0.2) is 60.7 Å². The van der Waals surface area contributed by atoms with Crippen molar-refractivity contribution in [2.24, 2.45) is 0 Å². The Bertz CT molecular complexity index is 1140. The number of benzene rings is 3. The number of phenols is 1. The Morgan fingerprint density at radius 3 is 2.62 bits per heavy atom. The number of nitrogens with one attached hydrogen (secondary N) is 1. The number of phenolic OH excluding ortho intramolecular Hbond substituents is 1. The van der Waals surface area contributed by atoms with Crippen LogP contribution < -0.4 is 10.2 Å². The third kappa shape index (κ3) is 3.38. The standard InChI is InChI=1S/C22H18N2O5/c1-13(21(27)24-12-19(25)23-17-8-4-5-9-18(17)24)29-22(28)16-11-10-14-6-2-3-7-15(14)20(16)26/h2-11,13,26H,12H2,1H3,(H,23,25)/t13-/m1/s1. The van der Waals surface area contributed by atoms with Crippen molar-refractivity contribution in [3.05, 3.63) is 66.2 Å². The SMILES string of the molecule is C[C@@H](OC(=O)c1ccc2ccccc2c1O)C(=O)N1CC(=O)Nc2ccccc21. The molecule has 0 unspecified atom stereocenters. The summed E-state index contributed by atoms with van der Waals surface area (Å²) < 4.78 is 5.31. The van der Waals surface area contributed by atoms with Crippen molar-refractivity contribution in [2.45, 2.75) is 13.0 Å². The molecule has 1 aliphatic heterocycles. The van der Waals surface area contributed by atoms with Gasteiger partial charge in [0.05, 0.1) is 11.4 Å². The van der Waals surface area contributed by atoms with Crippen molar-refractivity contribution in [3.8, 4) is 5.75 Å². The maximum atomic E-state index is 12.9. The number of carbonyl (C=O) groups is 3. The highest BCUT2D eigenvalue weighted by atomic mass is 16.5. The highest BCUT2D eigenvalue weighted by Gasteiger charge is 2.32. The molecule has 146 valence electrons. The van der Waals surface area contributed by atoms with Gasteiger partial charge < -0.3 is 15.2 Å². The van der Waals surface area contributed by atoms with Gasteiger partial charge >= 0.3 is 5.97 Å². The average molecular weight is 390 g/mol. The molecular weight excluding hydrogens is 372 g/mol. The summed E-state index contributed by atoms with van der Waals surface area (Å²) in [6.45, 7) is 1.27. The Balaban J connectivity index is 1.56. The van der Waals surface area contributed by atoms with Crippen molar-refractivity contribution < 1.29 is 24.2 Å². The zero-order valence-corrected chi connectivity index (χ0v) is 15.6. The largest absolute Gasteiger partial charge is 0.506 e. The van der Waals surface area contributed by atoms with Crippen LogP contribution in [0.4, 0.5) is 11.4 Å². The van der Waals surface area contributed by atoms with E-state index in [2.05, 4.69) is 5.32 Å². The van der Waals surface area contributed by atoms with E-state index < -0.39 is 18.0 Å². The van der Waals surface area contributed by atoms with Crippen LogP contribution in [0.3, 0.4) is 0 Å². The lowest BCUT2D eigenvalue weighted by molar-refractivity contribution is -0.128. The number of para-hydroxylation sites is 2. The number of ether oxygens (including phenoxy) is 1. The molecule has 4 rings (SSSR count). The summed E-state index contributed by atoms with van der Waals surface area (Å²) in [4.78, 5) is 38.7. The van der Waals surface area contributed by atoms with Crippen LogP contribution in [-0.4, -0.2) is 35.5 Å². The van der Waals surface area contributed by atoms with Crippen molar-refractivity contribution in [3.63, 3.8) is 0 Å². The minimum atomic E-state index is -1.15. The van der Waals surface area contributed by atoms with E-state index in [0.717, 1.165) is 5.39 Å². The summed E-state index contributed by atoms with van der Waals surface area (Å²) in [6, 6.07) is 17.1. The number of fused-ring (bicyclic) bond motifs is 2. The molecular formula is C22H18N2O5. The number of amides is 2. The Kier molecular flexibility index (Phi) is 4.64. The van der Waals surface area contributed by atoms with E-state index in [9.17, 15) is 19.5 Å². The number of hydrogen-bond donors (Lipinski definition) is 2. The first kappa shape index (κ1) is 18.5. The fourth-order valence-electron chi connectivity index (χ4n) is 3.34. The molecule has 1 aliphatic rings. The lowest BCUT2D eigenvalue weighted by Crippen LogP contribution is -2.47. The fourth-order valence-corrected chi connectivity index (χ4v) is 3.34. The molecule has 0 saturated heterocycles. The molecule has 1 atom stereocenters. The second kappa shape index (κ2) is 7.27. The maximum Gasteiger partial charge on any atom is 0.342 e. The van der Waals surface area contributed by atoms with Gasteiger partial charge in [-0.2, -0.15) is 0 Å². The van der Waals surface area contributed by atoms with Gasteiger partial charge in [-0.25, -0.2) is 4.79 Å². The van der Waals surface area contributed by atoms with E-state index in [4.69, 9.17) is 4.74 Å². The first-order valence-corrected chi connectivity index (χ1v) is 9.07. The summed E-state index contributed by atoms with van der Waals surface area (Å²) in [7, 11) is 0. The molecule has 0 saturated carbocycles. The number of aromatic hydroxyl groups is 1. The van der Waals surface area contributed by atoms with E-state index in [0.29, 0.717) is 16.8 Å². The summed E-state index contributed by atoms with van der Waals surface area (Å²) in [5, 5.41) is 14.4. The van der Waals surface area contributed by atoms with Gasteiger partial charge in [-0.15, -0.1) is 0 Å². The number of carbonyl (C=O) groups excluding carboxylic acids is 3. The molecule has 0 bridgehead atoms. The Labute approximate surface area is 166 Å². The minimum Gasteiger partial charge on any atom is -0.506 e. The third-order valence-corrected chi connectivity index (χ3v) is 4.79. The van der Waals surface area contributed by atoms with Crippen molar-refractivity contribution in [2.75, 3.05) is 16.8 Å². The molecule has 3 aromatic carbocycles. The molecule has 29 heavy (non-hydrogen) atoms. The highest BCUT2D eigenvalue weighted by Crippen LogP contribution is 2.31. The lowest BCUT2D eigenvalue weighted by Gasteiger charge is -2.30. The lowest BCUT2D eigenvalue weighted by atomic mass is 10.1. The number of anilines is 2. The fraction of sp³-hybridized carbons (Fsp3) is 0.136. The first-order chi connectivity index (χ1) is 14.0. The molecule has 2 N–H and O–H groups in total. The van der Waals surface area contributed by atoms with Gasteiger partial charge in [0.2, 0.25) is 5.91 Å². The zero-order chi connectivity index (χ0) is 20.5. The summed E-state index contributed by atoms with van der Waals surface area (Å²) in [5.74, 6) is -1.87.